The molecule has 5 N–H and O–H groups in total. The number of aliphatic carboxylic acids is 2. The second-order valence-corrected chi connectivity index (χ2v) is 3.18. The van der Waals surface area contributed by atoms with E-state index in [4.69, 9.17) is 21.1 Å². The molecule has 0 bridgehead atoms. The Morgan fingerprint density at radius 2 is 1.61 bits per heavy atom. The van der Waals surface area contributed by atoms with Crippen LogP contribution in [0.15, 0.2) is 30.3 Å². The van der Waals surface area contributed by atoms with Crippen LogP contribution in [0.3, 0.4) is 0 Å². The van der Waals surface area contributed by atoms with E-state index in [1.165, 1.54) is 0 Å². The smallest absolute Gasteiger partial charge is 0.333 e. The lowest BCUT2D eigenvalue weighted by atomic mass is 10.2. The summed E-state index contributed by atoms with van der Waals surface area (Å²) < 4.78 is 0. The summed E-state index contributed by atoms with van der Waals surface area (Å²) in [5.74, 6) is -3.22. The molecule has 1 aromatic rings. The van der Waals surface area contributed by atoms with Crippen molar-refractivity contribution in [1.82, 2.24) is 0 Å². The Kier molecular flexibility index (Phi) is 6.75. The Bertz CT molecular complexity index is 417. The third-order valence-corrected chi connectivity index (χ3v) is 1.71. The number of nitrogens with two attached hydrogens (primary N) is 1. The number of hydrogen-bond acceptors (Lipinski definition) is 4. The monoisotopic (exact) mass is 255 g/mol. The summed E-state index contributed by atoms with van der Waals surface area (Å²) in [5.41, 5.74) is 5.53. The van der Waals surface area contributed by atoms with Crippen LogP contribution >= 0.6 is 0 Å². The summed E-state index contributed by atoms with van der Waals surface area (Å²) in [6, 6.07) is 8.76. The second kappa shape index (κ2) is 7.80. The normalized spacial score (nSPS) is 10.7. The van der Waals surface area contributed by atoms with Crippen molar-refractivity contribution in [3.8, 4) is 0 Å². The maximum atomic E-state index is 10.4. The molecule has 7 nitrogen and oxygen atoms in total. The first-order valence-electron chi connectivity index (χ1n) is 4.82. The molecule has 0 fully saturated rings. The Morgan fingerprint density at radius 1 is 1.11 bits per heavy atom. The molecule has 0 aliphatic heterocycles. The zero-order chi connectivity index (χ0) is 14.1. The molecule has 1 unspecified atom stereocenters. The molecule has 98 valence electrons. The maximum Gasteiger partial charge on any atom is 0.333 e. The van der Waals surface area contributed by atoms with Crippen LogP contribution in [0.4, 0.5) is 0 Å². The molecule has 1 rings (SSSR count). The second-order valence-electron chi connectivity index (χ2n) is 3.18. The average Bonchev–Trinajstić information content (AvgIpc) is 2.30. The fourth-order valence-electron chi connectivity index (χ4n) is 0.855. The first-order valence-corrected chi connectivity index (χ1v) is 4.82. The number of hydrogen-bond donors (Lipinski definition) is 4. The maximum absolute atomic E-state index is 10.4. The van der Waals surface area contributed by atoms with E-state index in [0.29, 0.717) is 5.56 Å². The van der Waals surface area contributed by atoms with Crippen LogP contribution in [-0.2, 0) is 9.59 Å². The molecule has 0 saturated heterocycles. The van der Waals surface area contributed by atoms with Crippen LogP contribution < -0.4 is 5.73 Å². The molecule has 1 amide bonds. The van der Waals surface area contributed by atoms with Crippen molar-refractivity contribution in [3.05, 3.63) is 35.9 Å². The van der Waals surface area contributed by atoms with E-state index in [-0.39, 0.29) is 5.91 Å². The van der Waals surface area contributed by atoms with Gasteiger partial charge in [-0.3, -0.25) is 9.59 Å². The molecule has 0 saturated carbocycles. The molecule has 0 spiro atoms. The van der Waals surface area contributed by atoms with Gasteiger partial charge in [-0.15, -0.1) is 0 Å². The number of aliphatic hydroxyl groups is 1. The van der Waals surface area contributed by atoms with Crippen molar-refractivity contribution in [1.29, 1.82) is 0 Å². The number of carbonyl (C=O) groups excluding carboxylic acids is 1. The van der Waals surface area contributed by atoms with E-state index in [0.717, 1.165) is 0 Å². The van der Waals surface area contributed by atoms with Gasteiger partial charge in [0, 0.05) is 5.56 Å². The molecule has 0 radical (unpaired) electrons. The quantitative estimate of drug-likeness (QED) is 0.582. The lowest BCUT2D eigenvalue weighted by Gasteiger charge is -1.97. The molecule has 0 heterocycles. The van der Waals surface area contributed by atoms with Crippen LogP contribution in [0.2, 0.25) is 0 Å². The molecular weight excluding hydrogens is 242 g/mol. The number of rotatable bonds is 4. The third-order valence-electron chi connectivity index (χ3n) is 1.71. The summed E-state index contributed by atoms with van der Waals surface area (Å²) in [6.07, 6.45) is -2.54. The predicted molar refractivity (Wildman–Crippen MR) is 60.9 cm³/mol. The minimum atomic E-state index is -1.79. The van der Waals surface area contributed by atoms with Gasteiger partial charge in [-0.25, -0.2) is 4.79 Å². The molecule has 0 aliphatic rings. The molecule has 1 aromatic carbocycles. The molecule has 0 aromatic heterocycles. The Labute approximate surface area is 102 Å². The van der Waals surface area contributed by atoms with Gasteiger partial charge in [0.2, 0.25) is 5.91 Å². The summed E-state index contributed by atoms with van der Waals surface area (Å²) in [6.45, 7) is 0. The van der Waals surface area contributed by atoms with Crippen molar-refractivity contribution >= 4 is 17.8 Å². The van der Waals surface area contributed by atoms with Gasteiger partial charge in [0.1, 0.15) is 0 Å². The zero-order valence-corrected chi connectivity index (χ0v) is 9.31. The molecule has 1 atom stereocenters. The lowest BCUT2D eigenvalue weighted by Crippen LogP contribution is -2.22. The fraction of sp³-hybridized carbons (Fsp3) is 0.182. The van der Waals surface area contributed by atoms with Gasteiger partial charge in [0.25, 0.3) is 0 Å². The molecule has 18 heavy (non-hydrogen) atoms. The number of benzene rings is 1. The van der Waals surface area contributed by atoms with Crippen molar-refractivity contribution in [3.63, 3.8) is 0 Å². The highest BCUT2D eigenvalue weighted by Crippen LogP contribution is 1.94. The van der Waals surface area contributed by atoms with E-state index >= 15 is 0 Å². The predicted octanol–water partition coefficient (Wildman–Crippen LogP) is -0.308. The Morgan fingerprint density at radius 3 is 1.83 bits per heavy atom. The number of aliphatic hydroxyl groups excluding tert-OH is 1. The molecule has 0 aliphatic carbocycles. The summed E-state index contributed by atoms with van der Waals surface area (Å²) in [4.78, 5) is 29.8. The summed E-state index contributed by atoms with van der Waals surface area (Å²) >= 11 is 0. The lowest BCUT2D eigenvalue weighted by molar-refractivity contribution is -0.152. The summed E-state index contributed by atoms with van der Waals surface area (Å²) in [5, 5.41) is 24.1. The van der Waals surface area contributed by atoms with Crippen molar-refractivity contribution < 1.29 is 29.7 Å². The van der Waals surface area contributed by atoms with Crippen molar-refractivity contribution in [2.24, 2.45) is 5.73 Å². The third kappa shape index (κ3) is 6.96. The number of carboxylic acids is 2. The molecule has 7 heteroatoms. The van der Waals surface area contributed by atoms with Crippen LogP contribution in [0.5, 0.6) is 0 Å². The number of carboxylic acid groups (broad SMARTS) is 2. The van der Waals surface area contributed by atoms with E-state index in [1.807, 2.05) is 6.07 Å². The van der Waals surface area contributed by atoms with Gasteiger partial charge < -0.3 is 21.1 Å². The van der Waals surface area contributed by atoms with Crippen LogP contribution in [-0.4, -0.2) is 39.3 Å². The van der Waals surface area contributed by atoms with Gasteiger partial charge in [-0.2, -0.15) is 0 Å². The standard InChI is InChI=1S/C7H7NO.C4H6O5/c8-7(9)6-4-2-1-3-5-6;5-2(4(8)9)1-3(6)7/h1-5H,(H2,8,9);2,5H,1H2,(H,6,7)(H,8,9). The highest BCUT2D eigenvalue weighted by molar-refractivity contribution is 5.92. The minimum absolute atomic E-state index is 0.379. The van der Waals surface area contributed by atoms with Gasteiger partial charge in [0.15, 0.2) is 6.10 Å². The Balaban J connectivity index is 0.000000321. The van der Waals surface area contributed by atoms with E-state index in [1.54, 1.807) is 24.3 Å². The fourth-order valence-corrected chi connectivity index (χ4v) is 0.855. The topological polar surface area (TPSA) is 138 Å². The summed E-state index contributed by atoms with van der Waals surface area (Å²) in [7, 11) is 0. The Hall–Kier alpha value is -2.41. The van der Waals surface area contributed by atoms with E-state index in [9.17, 15) is 14.4 Å². The SMILES string of the molecule is NC(=O)c1ccccc1.O=C(O)CC(O)C(=O)O. The highest BCUT2D eigenvalue weighted by Gasteiger charge is 2.16. The average molecular weight is 255 g/mol. The highest BCUT2D eigenvalue weighted by atomic mass is 16.4. The zero-order valence-electron chi connectivity index (χ0n) is 9.31. The minimum Gasteiger partial charge on any atom is -0.481 e. The number of carbonyl (C=O) groups is 3. The number of amides is 1. The van der Waals surface area contributed by atoms with Gasteiger partial charge in [0.05, 0.1) is 6.42 Å². The van der Waals surface area contributed by atoms with E-state index in [2.05, 4.69) is 0 Å². The largest absolute Gasteiger partial charge is 0.481 e. The van der Waals surface area contributed by atoms with Crippen LogP contribution in [0, 0.1) is 0 Å². The molecular formula is C11H13NO6. The first kappa shape index (κ1) is 15.6. The van der Waals surface area contributed by atoms with Crippen LogP contribution in [0.1, 0.15) is 16.8 Å². The van der Waals surface area contributed by atoms with Crippen molar-refractivity contribution in [2.45, 2.75) is 12.5 Å². The first-order chi connectivity index (χ1) is 8.34. The van der Waals surface area contributed by atoms with Gasteiger partial charge >= 0.3 is 11.9 Å². The van der Waals surface area contributed by atoms with Crippen molar-refractivity contribution in [2.75, 3.05) is 0 Å². The number of primary amides is 1. The van der Waals surface area contributed by atoms with Gasteiger partial charge in [-0.05, 0) is 12.1 Å². The van der Waals surface area contributed by atoms with E-state index < -0.39 is 24.5 Å². The van der Waals surface area contributed by atoms with Crippen LogP contribution in [0.25, 0.3) is 0 Å². The van der Waals surface area contributed by atoms with Gasteiger partial charge in [-0.1, -0.05) is 18.2 Å².